The summed E-state index contributed by atoms with van der Waals surface area (Å²) in [5, 5.41) is 10.1. The van der Waals surface area contributed by atoms with Gasteiger partial charge in [-0.15, -0.1) is 11.3 Å². The first-order valence-electron chi connectivity index (χ1n) is 1.87. The van der Waals surface area contributed by atoms with Crippen molar-refractivity contribution in [2.75, 3.05) is 0 Å². The van der Waals surface area contributed by atoms with Crippen LogP contribution in [0.3, 0.4) is 0 Å². The van der Waals surface area contributed by atoms with Gasteiger partial charge in [0.15, 0.2) is 0 Å². The molecule has 0 aromatic carbocycles. The summed E-state index contributed by atoms with van der Waals surface area (Å²) in [4.78, 5) is 0.778. The van der Waals surface area contributed by atoms with Gasteiger partial charge < -0.3 is 1.43 Å². The van der Waals surface area contributed by atoms with Crippen LogP contribution >= 0.6 is 11.3 Å². The number of thiophene rings is 1. The van der Waals surface area contributed by atoms with Crippen LogP contribution in [0.5, 0.6) is 0 Å². The monoisotopic (exact) mass is 117 g/mol. The van der Waals surface area contributed by atoms with Crippen molar-refractivity contribution in [1.82, 2.24) is 0 Å². The predicted molar refractivity (Wildman–Crippen MR) is 30.1 cm³/mol. The van der Waals surface area contributed by atoms with Gasteiger partial charge in [0.05, 0.1) is 0 Å². The molecule has 8 heavy (non-hydrogen) atoms. The maximum absolute atomic E-state index is 8.19. The Hall–Kier alpha value is -0.213. The summed E-state index contributed by atoms with van der Waals surface area (Å²) in [5.41, 5.74) is 0. The second-order valence-electron chi connectivity index (χ2n) is 1.09. The largest absolute Gasteiger partial charge is 1.00 e. The second kappa shape index (κ2) is 3.75. The van der Waals surface area contributed by atoms with E-state index in [2.05, 4.69) is 0 Å². The van der Waals surface area contributed by atoms with Crippen LogP contribution in [-0.4, -0.2) is 0 Å². The Morgan fingerprint density at radius 1 is 1.75 bits per heavy atom. The molecule has 0 saturated carbocycles. The summed E-state index contributed by atoms with van der Waals surface area (Å²) >= 11 is 1.46. The van der Waals surface area contributed by atoms with Gasteiger partial charge in [0.25, 0.3) is 0 Å². The third kappa shape index (κ3) is 1.72. The zero-order valence-corrected chi connectivity index (χ0v) is 5.40. The van der Waals surface area contributed by atoms with Crippen molar-refractivity contribution in [3.8, 4) is 6.07 Å². The van der Waals surface area contributed by atoms with E-state index in [1.54, 1.807) is 6.07 Å². The van der Waals surface area contributed by atoms with E-state index in [1.165, 1.54) is 11.3 Å². The molecular formula is C5H4LiNS. The Balaban J connectivity index is 0. The van der Waals surface area contributed by atoms with Crippen LogP contribution in [0.15, 0.2) is 17.5 Å². The van der Waals surface area contributed by atoms with E-state index in [0.717, 1.165) is 4.88 Å². The molecule has 1 aromatic heterocycles. The first kappa shape index (κ1) is 7.79. The molecule has 0 aliphatic heterocycles. The minimum absolute atomic E-state index is 0. The zero-order valence-electron chi connectivity index (χ0n) is 5.59. The van der Waals surface area contributed by atoms with Crippen molar-refractivity contribution < 1.29 is 20.3 Å². The van der Waals surface area contributed by atoms with E-state index in [0.29, 0.717) is 0 Å². The van der Waals surface area contributed by atoms with Gasteiger partial charge in [-0.05, 0) is 11.4 Å². The average molecular weight is 117 g/mol. The molecule has 1 aromatic rings. The van der Waals surface area contributed by atoms with Gasteiger partial charge >= 0.3 is 18.9 Å². The van der Waals surface area contributed by atoms with Crippen LogP contribution in [0.2, 0.25) is 0 Å². The van der Waals surface area contributed by atoms with Gasteiger partial charge in [-0.25, -0.2) is 0 Å². The Morgan fingerprint density at radius 2 is 2.50 bits per heavy atom. The van der Waals surface area contributed by atoms with Crippen LogP contribution < -0.4 is 18.9 Å². The predicted octanol–water partition coefficient (Wildman–Crippen LogP) is -1.26. The van der Waals surface area contributed by atoms with Crippen molar-refractivity contribution in [2.24, 2.45) is 0 Å². The smallest absolute Gasteiger partial charge is 1.00 e. The first-order valence-corrected chi connectivity index (χ1v) is 2.75. The molecule has 0 spiro atoms. The Labute approximate surface area is 65.6 Å². The normalized spacial score (nSPS) is 6.88. The van der Waals surface area contributed by atoms with Crippen LogP contribution in [-0.2, 0) is 0 Å². The molecule has 0 bridgehead atoms. The quantitative estimate of drug-likeness (QED) is 0.389. The molecular weight excluding hydrogens is 113 g/mol. The summed E-state index contributed by atoms with van der Waals surface area (Å²) in [6.07, 6.45) is 0. The Kier molecular flexibility index (Phi) is 3.65. The molecule has 1 nitrogen and oxygen atoms in total. The fourth-order valence-corrected chi connectivity index (χ4v) is 0.856. The molecule has 0 aliphatic carbocycles. The molecule has 0 unspecified atom stereocenters. The van der Waals surface area contributed by atoms with Crippen LogP contribution in [0, 0.1) is 11.3 Å². The summed E-state index contributed by atoms with van der Waals surface area (Å²) in [6.45, 7) is 0. The molecule has 0 aliphatic rings. The van der Waals surface area contributed by atoms with E-state index in [1.807, 2.05) is 17.5 Å². The zero-order chi connectivity index (χ0) is 5.11. The number of hydrogen-bond donors (Lipinski definition) is 0. The van der Waals surface area contributed by atoms with Crippen molar-refractivity contribution in [3.63, 3.8) is 0 Å². The fraction of sp³-hybridized carbons (Fsp3) is 0. The molecule has 0 N–H and O–H groups in total. The Bertz CT molecular complexity index is 179. The molecule has 0 radical (unpaired) electrons. The average Bonchev–Trinajstić information content (AvgIpc) is 2.14. The van der Waals surface area contributed by atoms with Gasteiger partial charge in [-0.3, -0.25) is 0 Å². The van der Waals surface area contributed by atoms with Crippen molar-refractivity contribution in [1.29, 1.82) is 5.26 Å². The SMILES string of the molecule is N#Cc1cccs1.[H-].[Li+]. The van der Waals surface area contributed by atoms with Crippen LogP contribution in [0.25, 0.3) is 0 Å². The minimum Gasteiger partial charge on any atom is -1.00 e. The molecule has 36 valence electrons. The maximum atomic E-state index is 8.19. The molecule has 0 fully saturated rings. The van der Waals surface area contributed by atoms with E-state index in [-0.39, 0.29) is 20.3 Å². The van der Waals surface area contributed by atoms with Gasteiger partial charge in [0, 0.05) is 0 Å². The first-order chi connectivity index (χ1) is 3.43. The number of nitrogens with zero attached hydrogens (tertiary/aromatic N) is 1. The van der Waals surface area contributed by atoms with Crippen LogP contribution in [0.4, 0.5) is 0 Å². The van der Waals surface area contributed by atoms with Crippen LogP contribution in [0.1, 0.15) is 6.30 Å². The molecule has 1 rings (SSSR count). The third-order valence-electron chi connectivity index (χ3n) is 0.631. The third-order valence-corrected chi connectivity index (χ3v) is 1.41. The number of nitriles is 1. The second-order valence-corrected chi connectivity index (χ2v) is 2.04. The summed E-state index contributed by atoms with van der Waals surface area (Å²) in [7, 11) is 0. The topological polar surface area (TPSA) is 23.8 Å². The van der Waals surface area contributed by atoms with Gasteiger partial charge in [-0.2, -0.15) is 5.26 Å². The van der Waals surface area contributed by atoms with Crippen molar-refractivity contribution >= 4 is 11.3 Å². The molecule has 0 saturated heterocycles. The summed E-state index contributed by atoms with van der Waals surface area (Å²) in [6, 6.07) is 5.69. The van der Waals surface area contributed by atoms with Crippen molar-refractivity contribution in [3.05, 3.63) is 22.4 Å². The van der Waals surface area contributed by atoms with E-state index in [4.69, 9.17) is 5.26 Å². The minimum atomic E-state index is 0. The summed E-state index contributed by atoms with van der Waals surface area (Å²) < 4.78 is 0. The molecule has 0 atom stereocenters. The van der Waals surface area contributed by atoms with Gasteiger partial charge in [-0.1, -0.05) is 6.07 Å². The standard InChI is InChI=1S/C5H3NS.Li.H/c6-4-5-2-1-3-7-5;;/h1-3H;;/q;+1;-1. The summed E-state index contributed by atoms with van der Waals surface area (Å²) in [5.74, 6) is 0. The fourth-order valence-electron chi connectivity index (χ4n) is 0.342. The molecule has 1 heterocycles. The van der Waals surface area contributed by atoms with E-state index in [9.17, 15) is 0 Å². The molecule has 3 heteroatoms. The van der Waals surface area contributed by atoms with Gasteiger partial charge in [0.1, 0.15) is 10.9 Å². The van der Waals surface area contributed by atoms with Gasteiger partial charge in [0.2, 0.25) is 0 Å². The van der Waals surface area contributed by atoms with Crippen molar-refractivity contribution in [2.45, 2.75) is 0 Å². The maximum Gasteiger partial charge on any atom is 1.00 e. The molecule has 0 amide bonds. The Morgan fingerprint density at radius 3 is 2.75 bits per heavy atom. The van der Waals surface area contributed by atoms with E-state index < -0.39 is 0 Å². The number of hydrogen-bond acceptors (Lipinski definition) is 2. The number of rotatable bonds is 0. The van der Waals surface area contributed by atoms with E-state index >= 15 is 0 Å².